The number of aliphatic hydroxyl groups excluding tert-OH is 14. The Balaban J connectivity index is 3.15. The van der Waals surface area contributed by atoms with E-state index in [1.807, 2.05) is 0 Å². The van der Waals surface area contributed by atoms with Crippen molar-refractivity contribution in [2.24, 2.45) is 17.3 Å². The van der Waals surface area contributed by atoms with Crippen LogP contribution in [0.25, 0.3) is 0 Å². The van der Waals surface area contributed by atoms with Crippen molar-refractivity contribution in [2.75, 3.05) is 39.6 Å². The highest BCUT2D eigenvalue weighted by Gasteiger charge is 2.45. The van der Waals surface area contributed by atoms with Crippen LogP contribution in [-0.4, -0.2) is 166 Å². The number of aliphatic hydroxyl groups is 14. The zero-order valence-corrected chi connectivity index (χ0v) is 24.0. The molecule has 12 atom stereocenters. The van der Waals surface area contributed by atoms with Gasteiger partial charge < -0.3 is 90.4 Å². The third-order valence-corrected chi connectivity index (χ3v) is 6.85. The van der Waals surface area contributed by atoms with Crippen molar-refractivity contribution in [3.05, 3.63) is 23.2 Å². The van der Waals surface area contributed by atoms with Crippen LogP contribution in [0.1, 0.15) is 20.8 Å². The summed E-state index contributed by atoms with van der Waals surface area (Å²) in [4.78, 5) is 0. The molecule has 1 heterocycles. The molecule has 0 aromatic rings. The molecule has 43 heavy (non-hydrogen) atoms. The van der Waals surface area contributed by atoms with Gasteiger partial charge in [0.2, 0.25) is 5.76 Å². The molecule has 1 aliphatic rings. The van der Waals surface area contributed by atoms with Crippen LogP contribution >= 0.6 is 0 Å². The number of hydrogen-bond acceptors (Lipinski definition) is 18. The van der Waals surface area contributed by atoms with Crippen molar-refractivity contribution < 1.29 is 90.4 Å². The minimum Gasteiger partial charge on any atom is -0.508 e. The fourth-order valence-corrected chi connectivity index (χ4v) is 3.64. The molecule has 0 aromatic heterocycles. The van der Waals surface area contributed by atoms with E-state index in [-0.39, 0.29) is 0 Å². The molecule has 1 rings (SSSR count). The molecule has 14 N–H and O–H groups in total. The van der Waals surface area contributed by atoms with Crippen molar-refractivity contribution in [3.63, 3.8) is 0 Å². The van der Waals surface area contributed by atoms with E-state index in [1.54, 1.807) is 0 Å². The normalized spacial score (nSPS) is 29.7. The van der Waals surface area contributed by atoms with Gasteiger partial charge in [0.15, 0.2) is 24.4 Å². The van der Waals surface area contributed by atoms with Crippen LogP contribution in [0.15, 0.2) is 23.2 Å². The van der Waals surface area contributed by atoms with Crippen molar-refractivity contribution in [1.82, 2.24) is 0 Å². The van der Waals surface area contributed by atoms with E-state index in [1.165, 1.54) is 20.8 Å². The molecule has 0 saturated carbocycles. The summed E-state index contributed by atoms with van der Waals surface area (Å²) in [7, 11) is 0. The van der Waals surface area contributed by atoms with E-state index in [9.17, 15) is 61.3 Å². The van der Waals surface area contributed by atoms with Gasteiger partial charge in [0, 0.05) is 23.9 Å². The first kappa shape index (κ1) is 39.0. The molecule has 254 valence electrons. The molecule has 0 bridgehead atoms. The van der Waals surface area contributed by atoms with Gasteiger partial charge in [-0.05, 0) is 0 Å². The van der Waals surface area contributed by atoms with Gasteiger partial charge >= 0.3 is 5.95 Å². The third kappa shape index (κ3) is 10.5. The van der Waals surface area contributed by atoms with Crippen LogP contribution in [0.3, 0.4) is 0 Å². The summed E-state index contributed by atoms with van der Waals surface area (Å²) >= 11 is 0. The molecule has 8 unspecified atom stereocenters. The van der Waals surface area contributed by atoms with Gasteiger partial charge in [-0.15, -0.1) is 0 Å². The second-order valence-corrected chi connectivity index (χ2v) is 10.9. The summed E-state index contributed by atoms with van der Waals surface area (Å²) in [5.74, 6) is -6.29. The van der Waals surface area contributed by atoms with E-state index in [0.717, 1.165) is 0 Å². The van der Waals surface area contributed by atoms with Crippen LogP contribution in [0.5, 0.6) is 0 Å². The molecule has 1 saturated heterocycles. The molecule has 0 aromatic carbocycles. The Hall–Kier alpha value is -2.04. The second kappa shape index (κ2) is 17.4. The second-order valence-electron chi connectivity index (χ2n) is 10.9. The van der Waals surface area contributed by atoms with E-state index >= 15 is 0 Å². The van der Waals surface area contributed by atoms with Gasteiger partial charge in [-0.3, -0.25) is 0 Å². The Labute approximate surface area is 247 Å². The smallest absolute Gasteiger partial charge is 0.319 e. The lowest BCUT2D eigenvalue weighted by atomic mass is 9.93. The molecular weight excluding hydrogens is 588 g/mol. The molecule has 18 nitrogen and oxygen atoms in total. The molecule has 0 amide bonds. The van der Waals surface area contributed by atoms with Gasteiger partial charge in [0.05, 0.1) is 32.5 Å². The standard InChI is InChI=1S/C25H46O18/c1-10(4-26)13(29)16(32)19(35)22(38)40-7-25(3,8-41-23(39)20(36)17(33)14(30)11(2)5-27)9-42-24-21(37)18(34)15(31)12(6-28)43-24/h10-13,15-16,18,20-21,23-24,26-39H,4-9H2,1-3H3/b17-14-,22-19+/t10?,11?,12?,13-,15-,16?,18?,20?,21?,23-,24+,25?/m1/s1. The number of rotatable bonds is 18. The number of hydrogen-bond donors (Lipinski definition) is 14. The van der Waals surface area contributed by atoms with Crippen LogP contribution in [0.2, 0.25) is 0 Å². The first-order chi connectivity index (χ1) is 20.0. The Kier molecular flexibility index (Phi) is 15.8. The van der Waals surface area contributed by atoms with Gasteiger partial charge in [0.25, 0.3) is 0 Å². The van der Waals surface area contributed by atoms with Gasteiger partial charge in [-0.2, -0.15) is 0 Å². The third-order valence-electron chi connectivity index (χ3n) is 6.85. The highest BCUT2D eigenvalue weighted by Crippen LogP contribution is 2.27. The van der Waals surface area contributed by atoms with E-state index < -0.39 is 135 Å². The van der Waals surface area contributed by atoms with Crippen LogP contribution in [-0.2, 0) is 18.9 Å². The summed E-state index contributed by atoms with van der Waals surface area (Å²) in [6.07, 6.45) is -16.4. The largest absolute Gasteiger partial charge is 0.508 e. The lowest BCUT2D eigenvalue weighted by Crippen LogP contribution is -2.59. The Bertz CT molecular complexity index is 897. The Morgan fingerprint density at radius 2 is 1.37 bits per heavy atom. The molecule has 0 aliphatic carbocycles. The summed E-state index contributed by atoms with van der Waals surface area (Å²) in [5, 5.41) is 139. The molecular formula is C25H46O18. The quantitative estimate of drug-likeness (QED) is 0.0506. The van der Waals surface area contributed by atoms with Crippen molar-refractivity contribution in [3.8, 4) is 0 Å². The van der Waals surface area contributed by atoms with E-state index in [0.29, 0.717) is 0 Å². The first-order valence-electron chi connectivity index (χ1n) is 13.3. The Morgan fingerprint density at radius 3 is 1.91 bits per heavy atom. The molecule has 1 fully saturated rings. The SMILES string of the molecule is CC(CO)/C(O)=C(/O)C(O)[C@H](O)OCC(C)(CO/C(O)=C(/O)C(O)[C@H](O)C(C)CO)CO[C@H]1OC(CO)[C@@H](O)C(O)C1O. The van der Waals surface area contributed by atoms with Gasteiger partial charge in [0.1, 0.15) is 42.9 Å². The number of ether oxygens (including phenoxy) is 4. The van der Waals surface area contributed by atoms with Crippen LogP contribution in [0.4, 0.5) is 0 Å². The maximum atomic E-state index is 10.3. The van der Waals surface area contributed by atoms with E-state index in [2.05, 4.69) is 0 Å². The zero-order chi connectivity index (χ0) is 33.2. The van der Waals surface area contributed by atoms with Crippen LogP contribution in [0, 0.1) is 17.3 Å². The predicted molar refractivity (Wildman–Crippen MR) is 141 cm³/mol. The molecule has 0 spiro atoms. The molecule has 1 aliphatic heterocycles. The van der Waals surface area contributed by atoms with E-state index in [4.69, 9.17) is 29.2 Å². The lowest BCUT2D eigenvalue weighted by Gasteiger charge is -2.41. The van der Waals surface area contributed by atoms with Gasteiger partial charge in [-0.1, -0.05) is 20.8 Å². The summed E-state index contributed by atoms with van der Waals surface area (Å²) in [6, 6.07) is 0. The minimum absolute atomic E-state index is 0.562. The molecule has 0 radical (unpaired) electrons. The Morgan fingerprint density at radius 1 is 0.767 bits per heavy atom. The monoisotopic (exact) mass is 634 g/mol. The highest BCUT2D eigenvalue weighted by molar-refractivity contribution is 5.07. The predicted octanol–water partition coefficient (Wildman–Crippen LogP) is -3.89. The maximum Gasteiger partial charge on any atom is 0.319 e. The summed E-state index contributed by atoms with van der Waals surface area (Å²) < 4.78 is 21.1. The average Bonchev–Trinajstić information content (AvgIpc) is 3.01. The summed E-state index contributed by atoms with van der Waals surface area (Å²) in [6.45, 7) is 0.162. The minimum atomic E-state index is -2.20. The highest BCUT2D eigenvalue weighted by atomic mass is 16.7. The lowest BCUT2D eigenvalue weighted by molar-refractivity contribution is -0.308. The zero-order valence-electron chi connectivity index (χ0n) is 24.0. The fraction of sp³-hybridized carbons (Fsp3) is 0.840. The molecule has 18 heteroatoms. The maximum absolute atomic E-state index is 10.3. The van der Waals surface area contributed by atoms with Crippen molar-refractivity contribution in [2.45, 2.75) is 76.1 Å². The van der Waals surface area contributed by atoms with Crippen LogP contribution < -0.4 is 0 Å². The summed E-state index contributed by atoms with van der Waals surface area (Å²) in [5.41, 5.74) is -1.55. The van der Waals surface area contributed by atoms with Crippen molar-refractivity contribution >= 4 is 0 Å². The van der Waals surface area contributed by atoms with Crippen molar-refractivity contribution in [1.29, 1.82) is 0 Å². The topological polar surface area (TPSA) is 320 Å². The van der Waals surface area contributed by atoms with Gasteiger partial charge in [-0.25, -0.2) is 0 Å². The average molecular weight is 635 g/mol. The fourth-order valence-electron chi connectivity index (χ4n) is 3.64. The first-order valence-corrected chi connectivity index (χ1v) is 13.3.